The molecule has 0 aliphatic rings. The van der Waals surface area contributed by atoms with Crippen molar-refractivity contribution in [3.63, 3.8) is 0 Å². The van der Waals surface area contributed by atoms with E-state index in [4.69, 9.17) is 22.1 Å². The van der Waals surface area contributed by atoms with Gasteiger partial charge in [-0.15, -0.1) is 0 Å². The maximum atomic E-state index is 8.68. The fourth-order valence-corrected chi connectivity index (χ4v) is 1.14. The van der Waals surface area contributed by atoms with E-state index in [0.29, 0.717) is 5.82 Å². The molecule has 0 spiro atoms. The lowest BCUT2D eigenvalue weighted by Crippen LogP contribution is -2.13. The van der Waals surface area contributed by atoms with Crippen molar-refractivity contribution in [1.29, 1.82) is 10.5 Å². The smallest absolute Gasteiger partial charge is 0.179 e. The maximum absolute atomic E-state index is 8.68. The van der Waals surface area contributed by atoms with E-state index in [9.17, 15) is 0 Å². The second kappa shape index (κ2) is 3.91. The van der Waals surface area contributed by atoms with Crippen LogP contribution < -0.4 is 4.90 Å². The molecule has 1 rings (SSSR count). The highest BCUT2D eigenvalue weighted by Gasteiger charge is 2.12. The molecule has 0 N–H and O–H groups in total. The van der Waals surface area contributed by atoms with Crippen LogP contribution in [0.25, 0.3) is 0 Å². The zero-order valence-electron chi connectivity index (χ0n) is 7.61. The molecule has 0 saturated heterocycles. The normalized spacial score (nSPS) is 8.93. The molecule has 5 nitrogen and oxygen atoms in total. The number of halogens is 1. The second-order valence-corrected chi connectivity index (χ2v) is 3.01. The lowest BCUT2D eigenvalue weighted by molar-refractivity contribution is 1.02. The van der Waals surface area contributed by atoms with Crippen molar-refractivity contribution in [3.8, 4) is 12.1 Å². The Morgan fingerprint density at radius 3 is 2.07 bits per heavy atom. The Hall–Kier alpha value is -1.85. The van der Waals surface area contributed by atoms with Crippen molar-refractivity contribution in [2.75, 3.05) is 19.0 Å². The van der Waals surface area contributed by atoms with E-state index in [1.807, 2.05) is 0 Å². The highest BCUT2D eigenvalue weighted by molar-refractivity contribution is 6.31. The van der Waals surface area contributed by atoms with Gasteiger partial charge in [-0.2, -0.15) is 10.5 Å². The first-order chi connectivity index (χ1) is 6.60. The minimum atomic E-state index is -0.0527. The summed E-state index contributed by atoms with van der Waals surface area (Å²) in [5.41, 5.74) is -0.0660. The molecule has 0 fully saturated rings. The van der Waals surface area contributed by atoms with Crippen LogP contribution in [0.2, 0.25) is 5.15 Å². The lowest BCUT2D eigenvalue weighted by atomic mass is 10.3. The molecule has 0 saturated carbocycles. The van der Waals surface area contributed by atoms with Crippen molar-refractivity contribution in [3.05, 3.63) is 16.5 Å². The third-order valence-electron chi connectivity index (χ3n) is 1.47. The van der Waals surface area contributed by atoms with Gasteiger partial charge in [0.05, 0.1) is 0 Å². The van der Waals surface area contributed by atoms with Crippen LogP contribution in [0.4, 0.5) is 5.82 Å². The monoisotopic (exact) mass is 207 g/mol. The van der Waals surface area contributed by atoms with Crippen LogP contribution in [0, 0.1) is 22.7 Å². The first-order valence-corrected chi connectivity index (χ1v) is 4.03. The average molecular weight is 208 g/mol. The van der Waals surface area contributed by atoms with Gasteiger partial charge in [0.25, 0.3) is 0 Å². The van der Waals surface area contributed by atoms with Crippen LogP contribution in [-0.4, -0.2) is 24.1 Å². The Bertz CT molecular complexity index is 440. The summed E-state index contributed by atoms with van der Waals surface area (Å²) >= 11 is 5.76. The molecule has 0 unspecified atom stereocenters. The lowest BCUT2D eigenvalue weighted by Gasteiger charge is -2.12. The first kappa shape index (κ1) is 10.2. The zero-order chi connectivity index (χ0) is 10.7. The molecule has 0 atom stereocenters. The predicted molar refractivity (Wildman–Crippen MR) is 50.8 cm³/mol. The van der Waals surface area contributed by atoms with Gasteiger partial charge in [0.2, 0.25) is 0 Å². The third-order valence-corrected chi connectivity index (χ3v) is 1.73. The fraction of sp³-hybridized carbons (Fsp3) is 0.250. The molecule has 0 aliphatic heterocycles. The van der Waals surface area contributed by atoms with E-state index < -0.39 is 0 Å². The summed E-state index contributed by atoms with van der Waals surface area (Å²) in [7, 11) is 3.45. The Balaban J connectivity index is 3.42. The summed E-state index contributed by atoms with van der Waals surface area (Å²) in [4.78, 5) is 9.29. The van der Waals surface area contributed by atoms with Crippen LogP contribution in [0.15, 0.2) is 0 Å². The average Bonchev–Trinajstić information content (AvgIpc) is 2.16. The topological polar surface area (TPSA) is 76.6 Å². The van der Waals surface area contributed by atoms with Crippen LogP contribution in [0.5, 0.6) is 0 Å². The van der Waals surface area contributed by atoms with Crippen LogP contribution in [-0.2, 0) is 0 Å². The molecule has 1 heterocycles. The number of anilines is 1. The van der Waals surface area contributed by atoms with Crippen LogP contribution in [0.1, 0.15) is 11.4 Å². The summed E-state index contributed by atoms with van der Waals surface area (Å²) in [6.45, 7) is 0. The molecule has 6 heteroatoms. The largest absolute Gasteiger partial charge is 0.360 e. The van der Waals surface area contributed by atoms with Crippen molar-refractivity contribution in [2.45, 2.75) is 0 Å². The molecular weight excluding hydrogens is 202 g/mol. The summed E-state index contributed by atoms with van der Waals surface area (Å²) in [6, 6.07) is 3.54. The minimum absolute atomic E-state index is 0.0133. The van der Waals surface area contributed by atoms with E-state index in [0.717, 1.165) is 0 Å². The van der Waals surface area contributed by atoms with E-state index >= 15 is 0 Å². The van der Waals surface area contributed by atoms with Gasteiger partial charge in [0.15, 0.2) is 22.4 Å². The molecule has 0 amide bonds. The number of nitrogens with zero attached hydrogens (tertiary/aromatic N) is 5. The molecule has 1 aromatic rings. The third kappa shape index (κ3) is 1.73. The van der Waals surface area contributed by atoms with Gasteiger partial charge in [-0.1, -0.05) is 11.6 Å². The van der Waals surface area contributed by atoms with E-state index in [-0.39, 0.29) is 16.5 Å². The van der Waals surface area contributed by atoms with Gasteiger partial charge in [-0.05, 0) is 0 Å². The molecule has 14 heavy (non-hydrogen) atoms. The predicted octanol–water partition coefficient (Wildman–Crippen LogP) is 0.939. The fourth-order valence-electron chi connectivity index (χ4n) is 0.847. The molecule has 1 aromatic heterocycles. The number of nitriles is 2. The zero-order valence-corrected chi connectivity index (χ0v) is 8.37. The van der Waals surface area contributed by atoms with Crippen molar-refractivity contribution >= 4 is 17.4 Å². The van der Waals surface area contributed by atoms with Crippen molar-refractivity contribution in [1.82, 2.24) is 9.97 Å². The van der Waals surface area contributed by atoms with Gasteiger partial charge < -0.3 is 4.90 Å². The van der Waals surface area contributed by atoms with E-state index in [1.165, 1.54) is 0 Å². The van der Waals surface area contributed by atoms with Crippen molar-refractivity contribution in [2.24, 2.45) is 0 Å². The minimum Gasteiger partial charge on any atom is -0.360 e. The van der Waals surface area contributed by atoms with Gasteiger partial charge in [0.1, 0.15) is 12.1 Å². The second-order valence-electron chi connectivity index (χ2n) is 2.65. The SMILES string of the molecule is CN(C)c1nc(C#N)c(C#N)nc1Cl. The summed E-state index contributed by atoms with van der Waals surface area (Å²) in [6.07, 6.45) is 0. The standard InChI is InChI=1S/C8H6ClN5/c1-14(2)8-7(9)12-5(3-10)6(4-11)13-8/h1-2H3. The van der Waals surface area contributed by atoms with Crippen LogP contribution >= 0.6 is 11.6 Å². The summed E-state index contributed by atoms with van der Waals surface area (Å²) in [5, 5.41) is 17.4. The van der Waals surface area contributed by atoms with Gasteiger partial charge >= 0.3 is 0 Å². The highest BCUT2D eigenvalue weighted by atomic mass is 35.5. The molecule has 70 valence electrons. The van der Waals surface area contributed by atoms with Crippen LogP contribution in [0.3, 0.4) is 0 Å². The highest BCUT2D eigenvalue weighted by Crippen LogP contribution is 2.20. The van der Waals surface area contributed by atoms with Gasteiger partial charge in [-0.25, -0.2) is 9.97 Å². The quantitative estimate of drug-likeness (QED) is 0.685. The Morgan fingerprint density at radius 1 is 1.14 bits per heavy atom. The van der Waals surface area contributed by atoms with Gasteiger partial charge in [0, 0.05) is 14.1 Å². The van der Waals surface area contributed by atoms with E-state index in [2.05, 4.69) is 9.97 Å². The number of hydrogen-bond donors (Lipinski definition) is 0. The Labute approximate surface area is 86.2 Å². The summed E-state index contributed by atoms with van der Waals surface area (Å²) in [5.74, 6) is 0.377. The van der Waals surface area contributed by atoms with Crippen molar-refractivity contribution < 1.29 is 0 Å². The molecule has 0 aromatic carbocycles. The van der Waals surface area contributed by atoms with E-state index in [1.54, 1.807) is 31.1 Å². The molecular formula is C8H6ClN5. The maximum Gasteiger partial charge on any atom is 0.179 e. The molecule has 0 bridgehead atoms. The number of aromatic nitrogens is 2. The van der Waals surface area contributed by atoms with Gasteiger partial charge in [-0.3, -0.25) is 0 Å². The number of hydrogen-bond acceptors (Lipinski definition) is 5. The Morgan fingerprint density at radius 2 is 1.64 bits per heavy atom. The molecule has 0 radical (unpaired) electrons. The summed E-state index contributed by atoms with van der Waals surface area (Å²) < 4.78 is 0. The Kier molecular flexibility index (Phi) is 2.85. The molecule has 0 aliphatic carbocycles. The first-order valence-electron chi connectivity index (χ1n) is 3.65. The number of rotatable bonds is 1.